The van der Waals surface area contributed by atoms with E-state index in [1.54, 1.807) is 14.2 Å². The van der Waals surface area contributed by atoms with Crippen molar-refractivity contribution in [3.05, 3.63) is 95.6 Å². The molecule has 0 bridgehead atoms. The van der Waals surface area contributed by atoms with Gasteiger partial charge in [-0.3, -0.25) is 0 Å². The molecule has 4 rings (SSSR count). The summed E-state index contributed by atoms with van der Waals surface area (Å²) in [5.74, 6) is 2.44. The van der Waals surface area contributed by atoms with E-state index in [9.17, 15) is 0 Å². The molecule has 6 heteroatoms. The summed E-state index contributed by atoms with van der Waals surface area (Å²) in [6.07, 6.45) is 1.92. The summed E-state index contributed by atoms with van der Waals surface area (Å²) < 4.78 is 15.8. The van der Waals surface area contributed by atoms with Crippen molar-refractivity contribution in [1.29, 1.82) is 0 Å². The number of para-hydroxylation sites is 1. The predicted octanol–water partition coefficient (Wildman–Crippen LogP) is 5.29. The second-order valence-electron chi connectivity index (χ2n) is 6.57. The Labute approximate surface area is 196 Å². The molecule has 0 saturated heterocycles. The number of hydrogen-bond acceptors (Lipinski definition) is 4. The van der Waals surface area contributed by atoms with Crippen LogP contribution < -0.4 is 8.92 Å². The maximum atomic E-state index is 6.08. The van der Waals surface area contributed by atoms with Gasteiger partial charge in [0, 0.05) is 37.9 Å². The zero-order valence-electron chi connectivity index (χ0n) is 19.5. The van der Waals surface area contributed by atoms with Crippen molar-refractivity contribution >= 4 is 12.0 Å². The van der Waals surface area contributed by atoms with Crippen LogP contribution in [0.2, 0.25) is 0 Å². The van der Waals surface area contributed by atoms with Gasteiger partial charge >= 0.3 is 0 Å². The molecule has 0 aromatic heterocycles. The summed E-state index contributed by atoms with van der Waals surface area (Å²) >= 11 is 1.36. The van der Waals surface area contributed by atoms with E-state index in [0.29, 0.717) is 12.5 Å². The van der Waals surface area contributed by atoms with Crippen LogP contribution in [0.15, 0.2) is 78.9 Å². The Morgan fingerprint density at radius 3 is 1.94 bits per heavy atom. The molecule has 5 nitrogen and oxygen atoms in total. The first-order chi connectivity index (χ1) is 14.8. The lowest BCUT2D eigenvalue weighted by Crippen LogP contribution is -2.25. The van der Waals surface area contributed by atoms with Crippen LogP contribution in [0.3, 0.4) is 0 Å². The van der Waals surface area contributed by atoms with E-state index >= 15 is 0 Å². The molecule has 2 unspecified atom stereocenters. The van der Waals surface area contributed by atoms with Crippen LogP contribution in [0.4, 0.5) is 0 Å². The van der Waals surface area contributed by atoms with Crippen molar-refractivity contribution in [2.24, 2.45) is 0 Å². The minimum absolute atomic E-state index is 0. The molecule has 0 fully saturated rings. The standard InChI is InChI=1S/C22H20O2S.C2H6O.C2H6.2H2O/c1-25-24-18-13-11-17(12-14-18)22-19-9-5-6-10-21(19)23-15-20(22)16-7-3-2-4-8-16;1-3-2;1-2;;/h2-14,20,22H,15H2,1H3;1-2H3;1-2H3;2*1H2. The quantitative estimate of drug-likeness (QED) is 0.495. The molecule has 0 saturated carbocycles. The van der Waals surface area contributed by atoms with E-state index in [4.69, 9.17) is 8.92 Å². The van der Waals surface area contributed by atoms with Crippen LogP contribution in [-0.2, 0) is 4.74 Å². The monoisotopic (exact) mass is 460 g/mol. The molecular weight excluding hydrogens is 424 g/mol. The SMILES string of the molecule is CC.COC.CSOc1ccc(C2c3ccccc3OCC2c2ccccc2)cc1.O.O. The number of benzene rings is 3. The van der Waals surface area contributed by atoms with Gasteiger partial charge in [-0.15, -0.1) is 0 Å². The highest BCUT2D eigenvalue weighted by molar-refractivity contribution is 7.94. The first-order valence-corrected chi connectivity index (χ1v) is 11.4. The first kappa shape index (κ1) is 29.5. The van der Waals surface area contributed by atoms with Crippen LogP contribution in [-0.4, -0.2) is 38.0 Å². The highest BCUT2D eigenvalue weighted by Gasteiger charge is 2.33. The van der Waals surface area contributed by atoms with Gasteiger partial charge in [-0.25, -0.2) is 0 Å². The summed E-state index contributed by atoms with van der Waals surface area (Å²) in [5, 5.41) is 0. The number of rotatable bonds is 4. The van der Waals surface area contributed by atoms with Crippen LogP contribution >= 0.6 is 12.0 Å². The van der Waals surface area contributed by atoms with Gasteiger partial charge in [-0.05, 0) is 29.3 Å². The Kier molecular flexibility index (Phi) is 14.9. The molecule has 0 spiro atoms. The number of hydrogen-bond donors (Lipinski definition) is 0. The molecule has 0 amide bonds. The fraction of sp³-hybridized carbons (Fsp3) is 0.308. The van der Waals surface area contributed by atoms with E-state index in [-0.39, 0.29) is 16.9 Å². The van der Waals surface area contributed by atoms with E-state index in [1.165, 1.54) is 28.7 Å². The van der Waals surface area contributed by atoms with Gasteiger partial charge < -0.3 is 24.6 Å². The van der Waals surface area contributed by atoms with Crippen molar-refractivity contribution in [3.8, 4) is 11.5 Å². The Morgan fingerprint density at radius 2 is 1.34 bits per heavy atom. The smallest absolute Gasteiger partial charge is 0.137 e. The lowest BCUT2D eigenvalue weighted by molar-refractivity contribution is 0.249. The van der Waals surface area contributed by atoms with Gasteiger partial charge in [0.1, 0.15) is 11.5 Å². The predicted molar refractivity (Wildman–Crippen MR) is 135 cm³/mol. The highest BCUT2D eigenvalue weighted by Crippen LogP contribution is 2.46. The third-order valence-corrected chi connectivity index (χ3v) is 5.08. The van der Waals surface area contributed by atoms with Crippen molar-refractivity contribution in [3.63, 3.8) is 0 Å². The third-order valence-electron chi connectivity index (χ3n) is 4.72. The van der Waals surface area contributed by atoms with Gasteiger partial charge in [-0.1, -0.05) is 74.5 Å². The van der Waals surface area contributed by atoms with Gasteiger partial charge in [0.2, 0.25) is 0 Å². The zero-order valence-corrected chi connectivity index (χ0v) is 20.3. The molecule has 3 aromatic carbocycles. The first-order valence-electron chi connectivity index (χ1n) is 10.3. The van der Waals surface area contributed by atoms with Gasteiger partial charge in [0.05, 0.1) is 18.6 Å². The Balaban J connectivity index is 0.00000127. The Morgan fingerprint density at radius 1 is 0.781 bits per heavy atom. The summed E-state index contributed by atoms with van der Waals surface area (Å²) in [4.78, 5) is 0. The number of fused-ring (bicyclic) bond motifs is 1. The molecule has 1 aliphatic rings. The fourth-order valence-corrected chi connectivity index (χ4v) is 3.89. The normalized spacial score (nSPS) is 15.5. The molecule has 32 heavy (non-hydrogen) atoms. The molecule has 1 aliphatic heterocycles. The number of ether oxygens (including phenoxy) is 2. The molecule has 1 heterocycles. The molecular formula is C26H36O5S. The Hall–Kier alpha value is -2.51. The number of methoxy groups -OCH3 is 1. The second-order valence-corrected chi connectivity index (χ2v) is 7.07. The lowest BCUT2D eigenvalue weighted by atomic mass is 9.76. The van der Waals surface area contributed by atoms with Crippen molar-refractivity contribution in [2.75, 3.05) is 27.1 Å². The maximum Gasteiger partial charge on any atom is 0.137 e. The molecule has 176 valence electrons. The van der Waals surface area contributed by atoms with Crippen LogP contribution in [0.1, 0.15) is 42.4 Å². The molecule has 0 radical (unpaired) electrons. The average Bonchev–Trinajstić information content (AvgIpc) is 2.81. The molecule has 0 aliphatic carbocycles. The highest BCUT2D eigenvalue weighted by atomic mass is 32.2. The second kappa shape index (κ2) is 16.2. The van der Waals surface area contributed by atoms with Gasteiger partial charge in [0.25, 0.3) is 0 Å². The van der Waals surface area contributed by atoms with E-state index in [2.05, 4.69) is 65.4 Å². The van der Waals surface area contributed by atoms with Crippen LogP contribution in [0, 0.1) is 0 Å². The van der Waals surface area contributed by atoms with Gasteiger partial charge in [-0.2, -0.15) is 0 Å². The van der Waals surface area contributed by atoms with Crippen LogP contribution in [0.5, 0.6) is 11.5 Å². The zero-order chi connectivity index (χ0) is 21.8. The third kappa shape index (κ3) is 7.57. The Bertz CT molecular complexity index is 856. The topological polar surface area (TPSA) is 90.7 Å². The molecule has 3 aromatic rings. The maximum absolute atomic E-state index is 6.08. The van der Waals surface area contributed by atoms with E-state index < -0.39 is 0 Å². The fourth-order valence-electron chi connectivity index (χ4n) is 3.59. The lowest BCUT2D eigenvalue weighted by Gasteiger charge is -2.34. The minimum Gasteiger partial charge on any atom is -0.493 e. The summed E-state index contributed by atoms with van der Waals surface area (Å²) in [6.45, 7) is 4.69. The largest absolute Gasteiger partial charge is 0.493 e. The molecule has 4 N–H and O–H groups in total. The van der Waals surface area contributed by atoms with E-state index in [1.807, 2.05) is 38.3 Å². The van der Waals surface area contributed by atoms with Gasteiger partial charge in [0.15, 0.2) is 0 Å². The molecule has 2 atom stereocenters. The van der Waals surface area contributed by atoms with E-state index in [0.717, 1.165) is 11.5 Å². The van der Waals surface area contributed by atoms with Crippen molar-refractivity contribution < 1.29 is 24.6 Å². The summed E-state index contributed by atoms with van der Waals surface area (Å²) in [7, 11) is 3.25. The average molecular weight is 461 g/mol. The minimum atomic E-state index is 0. The van der Waals surface area contributed by atoms with Crippen molar-refractivity contribution in [2.45, 2.75) is 25.7 Å². The summed E-state index contributed by atoms with van der Waals surface area (Å²) in [5.41, 5.74) is 3.85. The summed E-state index contributed by atoms with van der Waals surface area (Å²) in [6, 6.07) is 27.5. The van der Waals surface area contributed by atoms with Crippen molar-refractivity contribution in [1.82, 2.24) is 0 Å². The van der Waals surface area contributed by atoms with Crippen LogP contribution in [0.25, 0.3) is 0 Å².